The van der Waals surface area contributed by atoms with Crippen LogP contribution in [0.5, 0.6) is 0 Å². The predicted molar refractivity (Wildman–Crippen MR) is 62.1 cm³/mol. The molecule has 0 spiro atoms. The van der Waals surface area contributed by atoms with E-state index in [0.717, 1.165) is 11.7 Å². The number of carbonyl (C=O) groups is 1. The van der Waals surface area contributed by atoms with Gasteiger partial charge in [-0.2, -0.15) is 0 Å². The molecule has 0 heterocycles. The molecule has 0 aromatic heterocycles. The third kappa shape index (κ3) is 5.60. The van der Waals surface area contributed by atoms with E-state index in [1.165, 1.54) is 5.56 Å². The van der Waals surface area contributed by atoms with Crippen LogP contribution < -0.4 is 0 Å². The van der Waals surface area contributed by atoms with Gasteiger partial charge in [-0.3, -0.25) is 0 Å². The second kappa shape index (κ2) is 7.49. The molecule has 0 N–H and O–H groups in total. The molecule has 0 aliphatic carbocycles. The molecule has 0 fully saturated rings. The number of esters is 1. The SMILES string of the molecule is CCOC(=O)C[Se]CCc1ccccc1. The zero-order valence-corrected chi connectivity index (χ0v) is 10.7. The summed E-state index contributed by atoms with van der Waals surface area (Å²) in [6.45, 7) is 2.34. The average Bonchev–Trinajstić information content (AvgIpc) is 2.26. The Labute approximate surface area is 97.2 Å². The Morgan fingerprint density at radius 3 is 2.73 bits per heavy atom. The molecule has 1 rings (SSSR count). The van der Waals surface area contributed by atoms with Crippen LogP contribution in [0.3, 0.4) is 0 Å². The summed E-state index contributed by atoms with van der Waals surface area (Å²) in [5.41, 5.74) is 1.35. The van der Waals surface area contributed by atoms with Gasteiger partial charge in [-0.15, -0.1) is 0 Å². The molecule has 0 aliphatic rings. The fourth-order valence-electron chi connectivity index (χ4n) is 1.19. The van der Waals surface area contributed by atoms with Crippen LogP contribution in [0, 0.1) is 0 Å². The zero-order valence-electron chi connectivity index (χ0n) is 8.94. The van der Waals surface area contributed by atoms with Gasteiger partial charge in [0, 0.05) is 0 Å². The van der Waals surface area contributed by atoms with Crippen molar-refractivity contribution in [3.8, 4) is 0 Å². The normalized spacial score (nSPS) is 9.93. The van der Waals surface area contributed by atoms with Crippen molar-refractivity contribution < 1.29 is 9.53 Å². The van der Waals surface area contributed by atoms with Gasteiger partial charge in [0.05, 0.1) is 0 Å². The van der Waals surface area contributed by atoms with Crippen molar-refractivity contribution >= 4 is 20.9 Å². The molecule has 15 heavy (non-hydrogen) atoms. The van der Waals surface area contributed by atoms with Crippen LogP contribution >= 0.6 is 0 Å². The number of carbonyl (C=O) groups excluding carboxylic acids is 1. The van der Waals surface area contributed by atoms with Crippen molar-refractivity contribution in [2.45, 2.75) is 24.0 Å². The van der Waals surface area contributed by atoms with Gasteiger partial charge in [-0.05, 0) is 0 Å². The summed E-state index contributed by atoms with van der Waals surface area (Å²) in [5.74, 6) is -0.0504. The Morgan fingerprint density at radius 2 is 2.07 bits per heavy atom. The second-order valence-corrected chi connectivity index (χ2v) is 5.41. The molecule has 0 saturated heterocycles. The molecule has 0 radical (unpaired) electrons. The molecule has 0 bridgehead atoms. The van der Waals surface area contributed by atoms with Crippen molar-refractivity contribution in [1.29, 1.82) is 0 Å². The van der Waals surface area contributed by atoms with Crippen LogP contribution in [0.25, 0.3) is 0 Å². The predicted octanol–water partition coefficient (Wildman–Crippen LogP) is 2.33. The van der Waals surface area contributed by atoms with Crippen molar-refractivity contribution in [3.05, 3.63) is 35.9 Å². The summed E-state index contributed by atoms with van der Waals surface area (Å²) < 4.78 is 4.87. The van der Waals surface area contributed by atoms with Crippen LogP contribution in [0.4, 0.5) is 0 Å². The van der Waals surface area contributed by atoms with E-state index in [1.54, 1.807) is 0 Å². The van der Waals surface area contributed by atoms with E-state index in [9.17, 15) is 4.79 Å². The number of aryl methyl sites for hydroxylation is 1. The molecule has 2 nitrogen and oxygen atoms in total. The molecule has 0 amide bonds. The van der Waals surface area contributed by atoms with Crippen LogP contribution in [-0.2, 0) is 16.0 Å². The Balaban J connectivity index is 2.10. The van der Waals surface area contributed by atoms with E-state index in [1.807, 2.05) is 25.1 Å². The molecule has 0 saturated carbocycles. The number of hydrogen-bond donors (Lipinski definition) is 0. The number of benzene rings is 1. The van der Waals surface area contributed by atoms with Gasteiger partial charge in [0.2, 0.25) is 0 Å². The summed E-state index contributed by atoms with van der Waals surface area (Å²) >= 11 is 0.377. The van der Waals surface area contributed by atoms with Crippen molar-refractivity contribution in [3.63, 3.8) is 0 Å². The fraction of sp³-hybridized carbons (Fsp3) is 0.417. The van der Waals surface area contributed by atoms with Crippen molar-refractivity contribution in [1.82, 2.24) is 0 Å². The van der Waals surface area contributed by atoms with Gasteiger partial charge in [0.1, 0.15) is 0 Å². The standard InChI is InChI=1S/C12H16O2Se/c1-2-14-12(13)10-15-9-8-11-6-4-3-5-7-11/h3-7H,2,8-10H2,1H3. The van der Waals surface area contributed by atoms with Gasteiger partial charge < -0.3 is 0 Å². The molecule has 0 atom stereocenters. The maximum atomic E-state index is 11.0. The summed E-state index contributed by atoms with van der Waals surface area (Å²) in [7, 11) is 0. The fourth-order valence-corrected chi connectivity index (χ4v) is 2.82. The molecule has 82 valence electrons. The molecule has 0 aliphatic heterocycles. The molecule has 1 aromatic rings. The molecular weight excluding hydrogens is 255 g/mol. The third-order valence-electron chi connectivity index (χ3n) is 1.90. The van der Waals surface area contributed by atoms with Crippen LogP contribution in [0.15, 0.2) is 30.3 Å². The molecule has 1 aromatic carbocycles. The third-order valence-corrected chi connectivity index (χ3v) is 3.86. The Kier molecular flexibility index (Phi) is 6.14. The average molecular weight is 271 g/mol. The minimum atomic E-state index is -0.0504. The van der Waals surface area contributed by atoms with E-state index in [-0.39, 0.29) is 5.97 Å². The first kappa shape index (κ1) is 12.3. The molecule has 0 unspecified atom stereocenters. The van der Waals surface area contributed by atoms with E-state index >= 15 is 0 Å². The molecular formula is C12H16O2Se. The van der Waals surface area contributed by atoms with Crippen LogP contribution in [-0.4, -0.2) is 27.5 Å². The van der Waals surface area contributed by atoms with E-state index in [2.05, 4.69) is 12.1 Å². The first-order chi connectivity index (χ1) is 7.33. The Bertz CT molecular complexity index is 285. The summed E-state index contributed by atoms with van der Waals surface area (Å²) in [6, 6.07) is 10.4. The minimum absolute atomic E-state index is 0.0504. The summed E-state index contributed by atoms with van der Waals surface area (Å²) in [5, 5.41) is 1.71. The van der Waals surface area contributed by atoms with E-state index in [4.69, 9.17) is 4.74 Å². The molecule has 3 heteroatoms. The van der Waals surface area contributed by atoms with E-state index in [0.29, 0.717) is 26.9 Å². The van der Waals surface area contributed by atoms with Crippen molar-refractivity contribution in [2.24, 2.45) is 0 Å². The Hall–Kier alpha value is -0.791. The zero-order chi connectivity index (χ0) is 10.9. The van der Waals surface area contributed by atoms with Gasteiger partial charge in [-0.25, -0.2) is 0 Å². The van der Waals surface area contributed by atoms with Gasteiger partial charge in [-0.1, -0.05) is 0 Å². The number of rotatable bonds is 6. The van der Waals surface area contributed by atoms with Gasteiger partial charge in [0.15, 0.2) is 0 Å². The summed E-state index contributed by atoms with van der Waals surface area (Å²) in [6.07, 6.45) is 1.07. The topological polar surface area (TPSA) is 26.3 Å². The first-order valence-electron chi connectivity index (χ1n) is 5.10. The van der Waals surface area contributed by atoms with Gasteiger partial charge in [0.25, 0.3) is 0 Å². The summed E-state index contributed by atoms with van der Waals surface area (Å²) in [4.78, 5) is 11.0. The van der Waals surface area contributed by atoms with E-state index < -0.39 is 0 Å². The van der Waals surface area contributed by atoms with Crippen LogP contribution in [0.2, 0.25) is 10.6 Å². The maximum absolute atomic E-state index is 11.0. The number of ether oxygens (including phenoxy) is 1. The second-order valence-electron chi connectivity index (χ2n) is 3.09. The monoisotopic (exact) mass is 272 g/mol. The van der Waals surface area contributed by atoms with Crippen LogP contribution in [0.1, 0.15) is 12.5 Å². The quantitative estimate of drug-likeness (QED) is 0.451. The Morgan fingerprint density at radius 1 is 1.33 bits per heavy atom. The van der Waals surface area contributed by atoms with Gasteiger partial charge >= 0.3 is 96.9 Å². The first-order valence-corrected chi connectivity index (χ1v) is 7.52. The van der Waals surface area contributed by atoms with Crippen molar-refractivity contribution in [2.75, 3.05) is 6.61 Å². The number of hydrogen-bond acceptors (Lipinski definition) is 2.